The summed E-state index contributed by atoms with van der Waals surface area (Å²) in [4.78, 5) is 27.4. The van der Waals surface area contributed by atoms with Crippen LogP contribution in [0.15, 0.2) is 66.7 Å². The van der Waals surface area contributed by atoms with Gasteiger partial charge >= 0.3 is 0 Å². The molecule has 0 unspecified atom stereocenters. The van der Waals surface area contributed by atoms with Crippen molar-refractivity contribution in [3.05, 3.63) is 77.9 Å². The van der Waals surface area contributed by atoms with E-state index in [9.17, 15) is 9.59 Å². The fourth-order valence-corrected chi connectivity index (χ4v) is 4.10. The van der Waals surface area contributed by atoms with Crippen LogP contribution in [0.3, 0.4) is 0 Å². The number of fused-ring (bicyclic) bond motifs is 2. The number of rotatable bonds is 7. The van der Waals surface area contributed by atoms with Crippen LogP contribution in [0.5, 0.6) is 23.0 Å². The zero-order valence-electron chi connectivity index (χ0n) is 19.4. The van der Waals surface area contributed by atoms with Crippen molar-refractivity contribution in [2.75, 3.05) is 18.7 Å². The third-order valence-electron chi connectivity index (χ3n) is 5.86. The van der Waals surface area contributed by atoms with Crippen LogP contribution in [0.4, 0.5) is 5.69 Å². The van der Waals surface area contributed by atoms with E-state index >= 15 is 0 Å². The van der Waals surface area contributed by atoms with Crippen LogP contribution in [-0.4, -0.2) is 36.2 Å². The van der Waals surface area contributed by atoms with Crippen molar-refractivity contribution in [3.63, 3.8) is 0 Å². The lowest BCUT2D eigenvalue weighted by molar-refractivity contribution is -0.139. The van der Waals surface area contributed by atoms with Gasteiger partial charge in [-0.3, -0.25) is 9.59 Å². The molecule has 2 aliphatic heterocycles. The first kappa shape index (κ1) is 22.6. The Hall–Kier alpha value is -4.20. The molecule has 35 heavy (non-hydrogen) atoms. The summed E-state index contributed by atoms with van der Waals surface area (Å²) >= 11 is 0. The van der Waals surface area contributed by atoms with Crippen molar-refractivity contribution in [2.24, 2.45) is 0 Å². The lowest BCUT2D eigenvalue weighted by Crippen LogP contribution is -2.38. The molecule has 3 aromatic rings. The van der Waals surface area contributed by atoms with Gasteiger partial charge in [-0.15, -0.1) is 0 Å². The molecule has 0 saturated heterocycles. The van der Waals surface area contributed by atoms with Gasteiger partial charge in [-0.1, -0.05) is 31.2 Å². The van der Waals surface area contributed by atoms with E-state index in [4.69, 9.17) is 18.9 Å². The van der Waals surface area contributed by atoms with E-state index in [1.165, 1.54) is 0 Å². The highest BCUT2D eigenvalue weighted by atomic mass is 16.7. The van der Waals surface area contributed by atoms with Gasteiger partial charge in [0.15, 0.2) is 24.2 Å². The molecule has 0 saturated carbocycles. The number of amides is 2. The van der Waals surface area contributed by atoms with Gasteiger partial charge in [-0.2, -0.15) is 0 Å². The molecule has 1 N–H and O–H groups in total. The molecule has 2 aliphatic rings. The Kier molecular flexibility index (Phi) is 6.43. The standard InChI is InChI=1S/C27H26N2O6/c1-2-22-27(31)29(14-18-8-10-24-25(12-18)34-17-33-24)15-19-13-20(9-11-23(19)35-22)28-26(30)16-32-21-6-4-3-5-7-21/h3-13,22H,2,14-17H2,1H3,(H,28,30)/t22-/m1/s1. The van der Waals surface area contributed by atoms with Gasteiger partial charge in [0.2, 0.25) is 6.79 Å². The average Bonchev–Trinajstić information content (AvgIpc) is 3.30. The first-order valence-corrected chi connectivity index (χ1v) is 11.5. The summed E-state index contributed by atoms with van der Waals surface area (Å²) < 4.78 is 22.4. The van der Waals surface area contributed by atoms with Gasteiger partial charge in [0.05, 0.1) is 0 Å². The molecule has 0 bridgehead atoms. The lowest BCUT2D eigenvalue weighted by Gasteiger charge is -2.23. The van der Waals surface area contributed by atoms with Crippen LogP contribution in [0.25, 0.3) is 0 Å². The number of nitrogens with zero attached hydrogens (tertiary/aromatic N) is 1. The molecule has 3 aromatic carbocycles. The molecule has 8 nitrogen and oxygen atoms in total. The minimum Gasteiger partial charge on any atom is -0.484 e. The van der Waals surface area contributed by atoms with E-state index in [0.29, 0.717) is 48.2 Å². The Labute approximate surface area is 203 Å². The van der Waals surface area contributed by atoms with E-state index in [0.717, 1.165) is 11.1 Å². The molecule has 0 aromatic heterocycles. The number of hydrogen-bond donors (Lipinski definition) is 1. The smallest absolute Gasteiger partial charge is 0.264 e. The predicted molar refractivity (Wildman–Crippen MR) is 129 cm³/mol. The van der Waals surface area contributed by atoms with E-state index in [1.807, 2.05) is 49.4 Å². The molecule has 2 heterocycles. The van der Waals surface area contributed by atoms with Crippen LogP contribution in [-0.2, 0) is 22.7 Å². The van der Waals surface area contributed by atoms with Crippen molar-refractivity contribution >= 4 is 17.5 Å². The number of ether oxygens (including phenoxy) is 4. The molecular weight excluding hydrogens is 448 g/mol. The Morgan fingerprint density at radius 1 is 1.03 bits per heavy atom. The minimum atomic E-state index is -0.579. The third-order valence-corrected chi connectivity index (χ3v) is 5.86. The second-order valence-electron chi connectivity index (χ2n) is 8.37. The number of benzene rings is 3. The van der Waals surface area contributed by atoms with Crippen LogP contribution >= 0.6 is 0 Å². The molecule has 0 fully saturated rings. The Morgan fingerprint density at radius 3 is 2.66 bits per heavy atom. The Bertz CT molecular complexity index is 1230. The maximum absolute atomic E-state index is 13.2. The number of carbonyl (C=O) groups excluding carboxylic acids is 2. The molecule has 5 rings (SSSR count). The zero-order chi connectivity index (χ0) is 24.2. The average molecular weight is 475 g/mol. The maximum atomic E-state index is 13.2. The van der Waals surface area contributed by atoms with Crippen LogP contribution in [0.2, 0.25) is 0 Å². The fourth-order valence-electron chi connectivity index (χ4n) is 4.10. The van der Waals surface area contributed by atoms with E-state index in [-0.39, 0.29) is 25.2 Å². The second-order valence-corrected chi connectivity index (χ2v) is 8.37. The Morgan fingerprint density at radius 2 is 1.83 bits per heavy atom. The number of para-hydroxylation sites is 1. The van der Waals surface area contributed by atoms with Gasteiger partial charge in [0, 0.05) is 24.3 Å². The molecule has 0 spiro atoms. The molecule has 2 amide bonds. The van der Waals surface area contributed by atoms with Crippen molar-refractivity contribution in [1.29, 1.82) is 0 Å². The van der Waals surface area contributed by atoms with Crippen molar-refractivity contribution in [3.8, 4) is 23.0 Å². The van der Waals surface area contributed by atoms with Crippen LogP contribution in [0, 0.1) is 0 Å². The van der Waals surface area contributed by atoms with Crippen molar-refractivity contribution in [1.82, 2.24) is 4.90 Å². The second kappa shape index (κ2) is 9.97. The molecule has 0 aliphatic carbocycles. The van der Waals surface area contributed by atoms with Gasteiger partial charge in [0.1, 0.15) is 11.5 Å². The molecule has 8 heteroatoms. The highest BCUT2D eigenvalue weighted by molar-refractivity contribution is 5.92. The van der Waals surface area contributed by atoms with Crippen molar-refractivity contribution < 1.29 is 28.5 Å². The topological polar surface area (TPSA) is 86.3 Å². The van der Waals surface area contributed by atoms with Gasteiger partial charge in [0.25, 0.3) is 11.8 Å². The number of anilines is 1. The number of carbonyl (C=O) groups is 2. The number of nitrogens with one attached hydrogen (secondary N) is 1. The zero-order valence-corrected chi connectivity index (χ0v) is 19.4. The molecule has 1 atom stereocenters. The van der Waals surface area contributed by atoms with Gasteiger partial charge in [-0.05, 0) is 54.4 Å². The largest absolute Gasteiger partial charge is 0.484 e. The highest BCUT2D eigenvalue weighted by Gasteiger charge is 2.30. The number of hydrogen-bond acceptors (Lipinski definition) is 6. The first-order valence-electron chi connectivity index (χ1n) is 11.5. The van der Waals surface area contributed by atoms with E-state index in [2.05, 4.69) is 5.32 Å². The van der Waals surface area contributed by atoms with Gasteiger partial charge in [-0.25, -0.2) is 0 Å². The minimum absolute atomic E-state index is 0.0804. The summed E-state index contributed by atoms with van der Waals surface area (Å²) in [5, 5.41) is 2.86. The SMILES string of the molecule is CC[C@H]1Oc2ccc(NC(=O)COc3ccccc3)cc2CN(Cc2ccc3c(c2)OCO3)C1=O. The van der Waals surface area contributed by atoms with E-state index < -0.39 is 6.10 Å². The molecular formula is C27H26N2O6. The molecule has 0 radical (unpaired) electrons. The van der Waals surface area contributed by atoms with Crippen LogP contribution < -0.4 is 24.3 Å². The Balaban J connectivity index is 1.31. The first-order chi connectivity index (χ1) is 17.1. The predicted octanol–water partition coefficient (Wildman–Crippen LogP) is 4.13. The van der Waals surface area contributed by atoms with Crippen molar-refractivity contribution in [2.45, 2.75) is 32.5 Å². The summed E-state index contributed by atoms with van der Waals surface area (Å²) in [6.45, 7) is 2.77. The summed E-state index contributed by atoms with van der Waals surface area (Å²) in [5.41, 5.74) is 2.36. The maximum Gasteiger partial charge on any atom is 0.264 e. The summed E-state index contributed by atoms with van der Waals surface area (Å²) in [5.74, 6) is 2.29. The normalized spacial score (nSPS) is 16.2. The summed E-state index contributed by atoms with van der Waals surface area (Å²) in [6, 6.07) is 20.2. The monoisotopic (exact) mass is 474 g/mol. The highest BCUT2D eigenvalue weighted by Crippen LogP contribution is 2.34. The summed E-state index contributed by atoms with van der Waals surface area (Å²) in [6.07, 6.45) is -0.0319. The van der Waals surface area contributed by atoms with Crippen LogP contribution in [0.1, 0.15) is 24.5 Å². The third kappa shape index (κ3) is 5.16. The quantitative estimate of drug-likeness (QED) is 0.554. The molecule has 180 valence electrons. The van der Waals surface area contributed by atoms with Gasteiger partial charge < -0.3 is 29.2 Å². The summed E-state index contributed by atoms with van der Waals surface area (Å²) in [7, 11) is 0. The lowest BCUT2D eigenvalue weighted by atomic mass is 10.1. The fraction of sp³-hybridized carbons (Fsp3) is 0.259. The van der Waals surface area contributed by atoms with E-state index in [1.54, 1.807) is 29.2 Å².